The van der Waals surface area contributed by atoms with Gasteiger partial charge in [0.15, 0.2) is 11.5 Å². The molecule has 1 aromatic carbocycles. The smallest absolute Gasteiger partial charge is 0.305 e. The Balaban J connectivity index is 3.03. The highest BCUT2D eigenvalue weighted by atomic mass is 16.5. The number of para-hydroxylation sites is 1. The SMILES string of the molecule is CCN(CCC(=O)O)C(=O)c1cccc(OC)c1OC. The van der Waals surface area contributed by atoms with E-state index in [9.17, 15) is 9.59 Å². The van der Waals surface area contributed by atoms with Gasteiger partial charge < -0.3 is 19.5 Å². The number of carboxylic acid groups (broad SMARTS) is 1. The molecule has 0 atom stereocenters. The van der Waals surface area contributed by atoms with Crippen LogP contribution in [0, 0.1) is 0 Å². The van der Waals surface area contributed by atoms with Gasteiger partial charge in [0.25, 0.3) is 5.91 Å². The van der Waals surface area contributed by atoms with E-state index >= 15 is 0 Å². The lowest BCUT2D eigenvalue weighted by Gasteiger charge is -2.21. The number of rotatable bonds is 7. The maximum atomic E-state index is 12.4. The molecule has 0 fully saturated rings. The Bertz CT molecular complexity index is 486. The summed E-state index contributed by atoms with van der Waals surface area (Å²) in [5.41, 5.74) is 0.360. The molecule has 0 aliphatic carbocycles. The largest absolute Gasteiger partial charge is 0.493 e. The zero-order chi connectivity index (χ0) is 15.1. The zero-order valence-electron chi connectivity index (χ0n) is 11.9. The van der Waals surface area contributed by atoms with Crippen LogP contribution in [0.4, 0.5) is 0 Å². The van der Waals surface area contributed by atoms with E-state index in [1.807, 2.05) is 0 Å². The van der Waals surface area contributed by atoms with E-state index in [0.29, 0.717) is 23.6 Å². The Kier molecular flexibility index (Phi) is 5.83. The second-order valence-corrected chi connectivity index (χ2v) is 4.07. The van der Waals surface area contributed by atoms with Crippen molar-refractivity contribution in [2.45, 2.75) is 13.3 Å². The third kappa shape index (κ3) is 3.63. The molecule has 20 heavy (non-hydrogen) atoms. The first kappa shape index (κ1) is 15.8. The average Bonchev–Trinajstić information content (AvgIpc) is 2.46. The Morgan fingerprint density at radius 3 is 2.45 bits per heavy atom. The van der Waals surface area contributed by atoms with Crippen LogP contribution in [0.25, 0.3) is 0 Å². The molecule has 110 valence electrons. The first-order chi connectivity index (χ1) is 9.54. The molecule has 0 heterocycles. The molecule has 0 saturated carbocycles. The van der Waals surface area contributed by atoms with Crippen LogP contribution in [0.2, 0.25) is 0 Å². The molecule has 1 N–H and O–H groups in total. The molecular weight excluding hydrogens is 262 g/mol. The predicted molar refractivity (Wildman–Crippen MR) is 73.4 cm³/mol. The summed E-state index contributed by atoms with van der Waals surface area (Å²) in [7, 11) is 2.95. The van der Waals surface area contributed by atoms with Gasteiger partial charge >= 0.3 is 5.97 Å². The average molecular weight is 281 g/mol. The molecule has 0 bridgehead atoms. The number of carbonyl (C=O) groups is 2. The zero-order valence-corrected chi connectivity index (χ0v) is 11.9. The summed E-state index contributed by atoms with van der Waals surface area (Å²) in [6, 6.07) is 5.02. The van der Waals surface area contributed by atoms with Gasteiger partial charge in [-0.2, -0.15) is 0 Å². The molecule has 1 amide bonds. The molecular formula is C14H19NO5. The highest BCUT2D eigenvalue weighted by Crippen LogP contribution is 2.31. The molecule has 6 nitrogen and oxygen atoms in total. The van der Waals surface area contributed by atoms with E-state index in [0.717, 1.165) is 0 Å². The summed E-state index contributed by atoms with van der Waals surface area (Å²) in [6.07, 6.45) is -0.0914. The Morgan fingerprint density at radius 1 is 1.25 bits per heavy atom. The van der Waals surface area contributed by atoms with Crippen molar-refractivity contribution in [2.24, 2.45) is 0 Å². The van der Waals surface area contributed by atoms with Crippen molar-refractivity contribution in [3.63, 3.8) is 0 Å². The quantitative estimate of drug-likeness (QED) is 0.822. The first-order valence-electron chi connectivity index (χ1n) is 6.27. The highest BCUT2D eigenvalue weighted by molar-refractivity contribution is 5.98. The van der Waals surface area contributed by atoms with Crippen LogP contribution in [0.1, 0.15) is 23.7 Å². The molecule has 1 rings (SSSR count). The second kappa shape index (κ2) is 7.37. The van der Waals surface area contributed by atoms with Crippen molar-refractivity contribution in [1.82, 2.24) is 4.90 Å². The van der Waals surface area contributed by atoms with Gasteiger partial charge in [0.1, 0.15) is 0 Å². The van der Waals surface area contributed by atoms with E-state index in [1.54, 1.807) is 25.1 Å². The molecule has 0 radical (unpaired) electrons. The van der Waals surface area contributed by atoms with E-state index < -0.39 is 5.97 Å². The first-order valence-corrected chi connectivity index (χ1v) is 6.27. The van der Waals surface area contributed by atoms with E-state index in [1.165, 1.54) is 19.1 Å². The van der Waals surface area contributed by atoms with Gasteiger partial charge in [0.2, 0.25) is 0 Å². The summed E-state index contributed by atoms with van der Waals surface area (Å²) in [5, 5.41) is 8.71. The van der Waals surface area contributed by atoms with E-state index in [2.05, 4.69) is 0 Å². The van der Waals surface area contributed by atoms with Crippen molar-refractivity contribution < 1.29 is 24.2 Å². The van der Waals surface area contributed by atoms with Crippen LogP contribution >= 0.6 is 0 Å². The van der Waals surface area contributed by atoms with E-state index in [4.69, 9.17) is 14.6 Å². The van der Waals surface area contributed by atoms with Crippen LogP contribution in [-0.2, 0) is 4.79 Å². The van der Waals surface area contributed by atoms with Crippen molar-refractivity contribution in [3.8, 4) is 11.5 Å². The lowest BCUT2D eigenvalue weighted by atomic mass is 10.1. The molecule has 0 aromatic heterocycles. The van der Waals surface area contributed by atoms with Gasteiger partial charge in [0.05, 0.1) is 26.2 Å². The van der Waals surface area contributed by atoms with Gasteiger partial charge in [-0.1, -0.05) is 6.07 Å². The third-order valence-corrected chi connectivity index (χ3v) is 2.90. The molecule has 0 unspecified atom stereocenters. The van der Waals surface area contributed by atoms with Crippen LogP contribution in [0.3, 0.4) is 0 Å². The normalized spacial score (nSPS) is 9.95. The van der Waals surface area contributed by atoms with Crippen LogP contribution in [-0.4, -0.2) is 49.2 Å². The number of carboxylic acids is 1. The summed E-state index contributed by atoms with van der Waals surface area (Å²) in [6.45, 7) is 2.38. The van der Waals surface area contributed by atoms with Crippen molar-refractivity contribution in [3.05, 3.63) is 23.8 Å². The molecule has 0 aliphatic rings. The number of amides is 1. The van der Waals surface area contributed by atoms with Crippen molar-refractivity contribution in [2.75, 3.05) is 27.3 Å². The Labute approximate surface area is 117 Å². The van der Waals surface area contributed by atoms with Crippen molar-refractivity contribution >= 4 is 11.9 Å². The van der Waals surface area contributed by atoms with Gasteiger partial charge in [-0.15, -0.1) is 0 Å². The minimum absolute atomic E-state index is 0.0914. The Hall–Kier alpha value is -2.24. The summed E-state index contributed by atoms with van der Waals surface area (Å²) >= 11 is 0. The molecule has 0 saturated heterocycles. The lowest BCUT2D eigenvalue weighted by Crippen LogP contribution is -2.33. The standard InChI is InChI=1S/C14H19NO5/c1-4-15(9-8-12(16)17)14(18)10-6-5-7-11(19-2)13(10)20-3/h5-7H,4,8-9H2,1-3H3,(H,16,17). The van der Waals surface area contributed by atoms with Crippen LogP contribution in [0.15, 0.2) is 18.2 Å². The van der Waals surface area contributed by atoms with Crippen LogP contribution < -0.4 is 9.47 Å². The number of hydrogen-bond donors (Lipinski definition) is 1. The Morgan fingerprint density at radius 2 is 1.95 bits per heavy atom. The third-order valence-electron chi connectivity index (χ3n) is 2.90. The fourth-order valence-electron chi connectivity index (χ4n) is 1.86. The van der Waals surface area contributed by atoms with Gasteiger partial charge in [-0.05, 0) is 19.1 Å². The van der Waals surface area contributed by atoms with E-state index in [-0.39, 0.29) is 18.9 Å². The number of benzene rings is 1. The fourth-order valence-corrected chi connectivity index (χ4v) is 1.86. The monoisotopic (exact) mass is 281 g/mol. The highest BCUT2D eigenvalue weighted by Gasteiger charge is 2.21. The fraction of sp³-hybridized carbons (Fsp3) is 0.429. The second-order valence-electron chi connectivity index (χ2n) is 4.07. The summed E-state index contributed by atoms with van der Waals surface area (Å²) in [5.74, 6) is -0.389. The number of ether oxygens (including phenoxy) is 2. The number of nitrogens with zero attached hydrogens (tertiary/aromatic N) is 1. The predicted octanol–water partition coefficient (Wildman–Crippen LogP) is 1.64. The van der Waals surface area contributed by atoms with Gasteiger partial charge in [-0.3, -0.25) is 9.59 Å². The molecule has 6 heteroatoms. The number of carbonyl (C=O) groups excluding carboxylic acids is 1. The summed E-state index contributed by atoms with van der Waals surface area (Å²) < 4.78 is 10.4. The molecule has 1 aromatic rings. The topological polar surface area (TPSA) is 76.1 Å². The van der Waals surface area contributed by atoms with Gasteiger partial charge in [0, 0.05) is 13.1 Å². The molecule has 0 spiro atoms. The lowest BCUT2D eigenvalue weighted by molar-refractivity contribution is -0.137. The number of methoxy groups -OCH3 is 2. The maximum Gasteiger partial charge on any atom is 0.305 e. The minimum Gasteiger partial charge on any atom is -0.493 e. The van der Waals surface area contributed by atoms with Crippen LogP contribution in [0.5, 0.6) is 11.5 Å². The minimum atomic E-state index is -0.936. The number of aliphatic carboxylic acids is 1. The summed E-state index contributed by atoms with van der Waals surface area (Å²) in [4.78, 5) is 24.5. The molecule has 0 aliphatic heterocycles. The number of hydrogen-bond acceptors (Lipinski definition) is 4. The van der Waals surface area contributed by atoms with Crippen molar-refractivity contribution in [1.29, 1.82) is 0 Å². The maximum absolute atomic E-state index is 12.4. The van der Waals surface area contributed by atoms with Gasteiger partial charge in [-0.25, -0.2) is 0 Å².